The number of aliphatic imine (C=N–C) groups is 1. The van der Waals surface area contributed by atoms with Gasteiger partial charge in [-0.05, 0) is 18.6 Å². The van der Waals surface area contributed by atoms with Gasteiger partial charge in [0.25, 0.3) is 0 Å². The average molecular weight is 163 g/mol. The van der Waals surface area contributed by atoms with Gasteiger partial charge in [-0.2, -0.15) is 0 Å². The summed E-state index contributed by atoms with van der Waals surface area (Å²) in [6.45, 7) is 3.87. The predicted octanol–water partition coefficient (Wildman–Crippen LogP) is 2.69. The van der Waals surface area contributed by atoms with E-state index < -0.39 is 0 Å². The molecule has 0 N–H and O–H groups in total. The van der Waals surface area contributed by atoms with Crippen molar-refractivity contribution in [2.24, 2.45) is 4.99 Å². The quantitative estimate of drug-likeness (QED) is 0.460. The van der Waals surface area contributed by atoms with Gasteiger partial charge in [-0.25, -0.2) is 4.99 Å². The summed E-state index contributed by atoms with van der Waals surface area (Å²) in [6, 6.07) is 7.96. The normalized spacial score (nSPS) is 11.4. The number of ether oxygens (including phenoxy) is 1. The molecule has 0 heterocycles. The van der Waals surface area contributed by atoms with Crippen LogP contribution in [0.1, 0.15) is 12.5 Å². The van der Waals surface area contributed by atoms with Crippen molar-refractivity contribution in [3.05, 3.63) is 29.8 Å². The van der Waals surface area contributed by atoms with Gasteiger partial charge in [0, 0.05) is 6.92 Å². The number of rotatable bonds is 1. The highest BCUT2D eigenvalue weighted by molar-refractivity contribution is 5.77. The molecule has 0 aliphatic rings. The maximum atomic E-state index is 4.96. The first kappa shape index (κ1) is 8.78. The van der Waals surface area contributed by atoms with E-state index in [9.17, 15) is 0 Å². The fraction of sp³-hybridized carbons (Fsp3) is 0.300. The summed E-state index contributed by atoms with van der Waals surface area (Å²) < 4.78 is 4.96. The topological polar surface area (TPSA) is 21.6 Å². The number of hydrogen-bond donors (Lipinski definition) is 0. The summed E-state index contributed by atoms with van der Waals surface area (Å²) >= 11 is 0. The monoisotopic (exact) mass is 163 g/mol. The molecule has 0 atom stereocenters. The zero-order chi connectivity index (χ0) is 8.97. The van der Waals surface area contributed by atoms with E-state index in [0.717, 1.165) is 11.3 Å². The Balaban J connectivity index is 2.96. The van der Waals surface area contributed by atoms with Crippen molar-refractivity contribution in [2.45, 2.75) is 13.8 Å². The zero-order valence-corrected chi connectivity index (χ0v) is 7.66. The fourth-order valence-corrected chi connectivity index (χ4v) is 0.904. The highest BCUT2D eigenvalue weighted by atomic mass is 16.5. The molecule has 0 aromatic heterocycles. The van der Waals surface area contributed by atoms with Crippen molar-refractivity contribution in [1.29, 1.82) is 0 Å². The van der Waals surface area contributed by atoms with Crippen LogP contribution in [-0.4, -0.2) is 13.0 Å². The first-order chi connectivity index (χ1) is 5.74. The molecular weight excluding hydrogens is 150 g/mol. The van der Waals surface area contributed by atoms with Crippen molar-refractivity contribution in [2.75, 3.05) is 7.11 Å². The number of aryl methyl sites for hydroxylation is 1. The number of hydrogen-bond acceptors (Lipinski definition) is 2. The molecule has 0 spiro atoms. The Morgan fingerprint density at radius 1 is 1.33 bits per heavy atom. The van der Waals surface area contributed by atoms with Crippen LogP contribution in [0.3, 0.4) is 0 Å². The lowest BCUT2D eigenvalue weighted by atomic mass is 10.2. The molecule has 2 nitrogen and oxygen atoms in total. The Morgan fingerprint density at radius 3 is 2.58 bits per heavy atom. The lowest BCUT2D eigenvalue weighted by molar-refractivity contribution is 0.400. The molecular formula is C10H13NO. The van der Waals surface area contributed by atoms with E-state index in [2.05, 4.69) is 4.99 Å². The minimum atomic E-state index is 0.685. The van der Waals surface area contributed by atoms with Crippen LogP contribution in [0.5, 0.6) is 0 Å². The van der Waals surface area contributed by atoms with E-state index in [0.29, 0.717) is 5.90 Å². The number of methoxy groups -OCH3 is 1. The lowest BCUT2D eigenvalue weighted by Crippen LogP contribution is -1.92. The molecule has 1 aromatic rings. The molecule has 1 aromatic carbocycles. The predicted molar refractivity (Wildman–Crippen MR) is 51.0 cm³/mol. The average Bonchev–Trinajstić information content (AvgIpc) is 2.09. The van der Waals surface area contributed by atoms with Crippen LogP contribution in [-0.2, 0) is 4.74 Å². The van der Waals surface area contributed by atoms with Gasteiger partial charge in [-0.1, -0.05) is 18.2 Å². The smallest absolute Gasteiger partial charge is 0.184 e. The molecule has 2 heteroatoms. The molecule has 0 fully saturated rings. The maximum Gasteiger partial charge on any atom is 0.184 e. The molecule has 0 aliphatic carbocycles. The SMILES string of the molecule is COC(C)=Nc1ccccc1C. The van der Waals surface area contributed by atoms with Crippen LogP contribution in [0.15, 0.2) is 29.3 Å². The van der Waals surface area contributed by atoms with Crippen LogP contribution < -0.4 is 0 Å². The molecule has 12 heavy (non-hydrogen) atoms. The van der Waals surface area contributed by atoms with Gasteiger partial charge in [0.1, 0.15) is 0 Å². The Kier molecular flexibility index (Phi) is 2.86. The molecule has 0 saturated carbocycles. The zero-order valence-electron chi connectivity index (χ0n) is 7.66. The number of benzene rings is 1. The van der Waals surface area contributed by atoms with Crippen molar-refractivity contribution in [1.82, 2.24) is 0 Å². The van der Waals surface area contributed by atoms with Gasteiger partial charge >= 0.3 is 0 Å². The third kappa shape index (κ3) is 2.09. The first-order valence-corrected chi connectivity index (χ1v) is 3.89. The minimum absolute atomic E-state index is 0.685. The minimum Gasteiger partial charge on any atom is -0.484 e. The lowest BCUT2D eigenvalue weighted by Gasteiger charge is -2.00. The van der Waals surface area contributed by atoms with Gasteiger partial charge < -0.3 is 4.74 Å². The van der Waals surface area contributed by atoms with E-state index in [-0.39, 0.29) is 0 Å². The van der Waals surface area contributed by atoms with Crippen molar-refractivity contribution < 1.29 is 4.74 Å². The van der Waals surface area contributed by atoms with Gasteiger partial charge in [0.05, 0.1) is 12.8 Å². The Bertz CT molecular complexity index is 292. The molecule has 0 amide bonds. The van der Waals surface area contributed by atoms with Gasteiger partial charge in [-0.3, -0.25) is 0 Å². The summed E-state index contributed by atoms with van der Waals surface area (Å²) in [6.07, 6.45) is 0. The van der Waals surface area contributed by atoms with Gasteiger partial charge in [0.15, 0.2) is 5.90 Å². The van der Waals surface area contributed by atoms with Crippen LogP contribution in [0, 0.1) is 6.92 Å². The molecule has 0 radical (unpaired) electrons. The summed E-state index contributed by atoms with van der Waals surface area (Å²) in [4.78, 5) is 4.27. The Morgan fingerprint density at radius 2 is 2.00 bits per heavy atom. The third-order valence-corrected chi connectivity index (χ3v) is 1.69. The van der Waals surface area contributed by atoms with E-state index in [1.807, 2.05) is 38.1 Å². The van der Waals surface area contributed by atoms with Crippen LogP contribution in [0.25, 0.3) is 0 Å². The van der Waals surface area contributed by atoms with Crippen LogP contribution in [0.2, 0.25) is 0 Å². The molecule has 1 rings (SSSR count). The second kappa shape index (κ2) is 3.90. The molecule has 64 valence electrons. The van der Waals surface area contributed by atoms with Crippen molar-refractivity contribution in [3.8, 4) is 0 Å². The van der Waals surface area contributed by atoms with Gasteiger partial charge in [-0.15, -0.1) is 0 Å². The standard InChI is InChI=1S/C10H13NO/c1-8-6-4-5-7-10(8)11-9(2)12-3/h4-7H,1-3H3. The number of nitrogens with zero attached hydrogens (tertiary/aromatic N) is 1. The second-order valence-corrected chi connectivity index (χ2v) is 2.62. The van der Waals surface area contributed by atoms with E-state index in [1.165, 1.54) is 0 Å². The van der Waals surface area contributed by atoms with E-state index in [1.54, 1.807) is 7.11 Å². The third-order valence-electron chi connectivity index (χ3n) is 1.69. The Labute approximate surface area is 72.9 Å². The fourth-order valence-electron chi connectivity index (χ4n) is 0.904. The van der Waals surface area contributed by atoms with Gasteiger partial charge in [0.2, 0.25) is 0 Å². The molecule has 0 unspecified atom stereocenters. The van der Waals surface area contributed by atoms with Crippen LogP contribution in [0.4, 0.5) is 5.69 Å². The number of para-hydroxylation sites is 1. The summed E-state index contributed by atoms with van der Waals surface area (Å²) in [5.74, 6) is 0.685. The highest BCUT2D eigenvalue weighted by Gasteiger charge is 1.94. The van der Waals surface area contributed by atoms with Crippen molar-refractivity contribution >= 4 is 11.6 Å². The Hall–Kier alpha value is -1.31. The first-order valence-electron chi connectivity index (χ1n) is 3.89. The summed E-state index contributed by atoms with van der Waals surface area (Å²) in [5, 5.41) is 0. The van der Waals surface area contributed by atoms with E-state index in [4.69, 9.17) is 4.74 Å². The van der Waals surface area contributed by atoms with E-state index >= 15 is 0 Å². The largest absolute Gasteiger partial charge is 0.484 e. The summed E-state index contributed by atoms with van der Waals surface area (Å²) in [7, 11) is 1.62. The maximum absolute atomic E-state index is 4.96. The van der Waals surface area contributed by atoms with Crippen molar-refractivity contribution in [3.63, 3.8) is 0 Å². The molecule has 0 saturated heterocycles. The molecule has 0 aliphatic heterocycles. The second-order valence-electron chi connectivity index (χ2n) is 2.62. The highest BCUT2D eigenvalue weighted by Crippen LogP contribution is 2.17. The van der Waals surface area contributed by atoms with Crippen LogP contribution >= 0.6 is 0 Å². The molecule has 0 bridgehead atoms. The summed E-state index contributed by atoms with van der Waals surface area (Å²) in [5.41, 5.74) is 2.13.